The van der Waals surface area contributed by atoms with Crippen LogP contribution in [-0.2, 0) is 11.3 Å². The number of carbonyl (C=O) groups is 1. The van der Waals surface area contributed by atoms with Crippen LogP contribution in [0.15, 0.2) is 48.0 Å². The Morgan fingerprint density at radius 2 is 2.20 bits per heavy atom. The highest BCUT2D eigenvalue weighted by Crippen LogP contribution is 2.05. The predicted molar refractivity (Wildman–Crippen MR) is 74.5 cm³/mol. The lowest BCUT2D eigenvalue weighted by Gasteiger charge is -2.07. The Morgan fingerprint density at radius 1 is 1.40 bits per heavy atom. The van der Waals surface area contributed by atoms with E-state index < -0.39 is 6.03 Å². The Morgan fingerprint density at radius 3 is 2.85 bits per heavy atom. The predicted octanol–water partition coefficient (Wildman–Crippen LogP) is 1.95. The number of ether oxygens (including phenoxy) is 1. The van der Waals surface area contributed by atoms with Gasteiger partial charge in [0.25, 0.3) is 0 Å². The molecule has 2 amide bonds. The summed E-state index contributed by atoms with van der Waals surface area (Å²) in [4.78, 5) is 19.5. The molecule has 1 aromatic heterocycles. The summed E-state index contributed by atoms with van der Waals surface area (Å²) in [6.07, 6.45) is 2.94. The third kappa shape index (κ3) is 4.20. The van der Waals surface area contributed by atoms with Crippen molar-refractivity contribution < 1.29 is 9.53 Å². The van der Waals surface area contributed by atoms with Crippen LogP contribution in [0.4, 0.5) is 10.5 Å². The molecule has 1 N–H and O–H groups in total. The molecule has 0 radical (unpaired) electrons. The molecule has 0 atom stereocenters. The Labute approximate surface area is 116 Å². The number of carbonyl (C=O) groups excluding carboxylic acids is 1. The third-order valence-corrected chi connectivity index (χ3v) is 2.33. The second kappa shape index (κ2) is 7.03. The quantitative estimate of drug-likeness (QED) is 0.682. The van der Waals surface area contributed by atoms with E-state index in [1.54, 1.807) is 12.1 Å². The number of hydrogen-bond acceptors (Lipinski definition) is 4. The molecule has 0 aliphatic carbocycles. The number of nitrogens with zero attached hydrogens (tertiary/aromatic N) is 4. The van der Waals surface area contributed by atoms with Gasteiger partial charge in [-0.15, -0.1) is 0 Å². The van der Waals surface area contributed by atoms with E-state index in [0.29, 0.717) is 12.3 Å². The van der Waals surface area contributed by atoms with Crippen LogP contribution in [0.5, 0.6) is 0 Å². The summed E-state index contributed by atoms with van der Waals surface area (Å²) < 4.78 is 6.86. The van der Waals surface area contributed by atoms with Gasteiger partial charge in [-0.2, -0.15) is 10.1 Å². The highest BCUT2D eigenvalue weighted by molar-refractivity contribution is 5.97. The second-order valence-corrected chi connectivity index (χ2v) is 3.83. The van der Waals surface area contributed by atoms with Crippen molar-refractivity contribution in [3.8, 4) is 0 Å². The molecule has 0 aliphatic rings. The molecule has 0 fully saturated rings. The summed E-state index contributed by atoms with van der Waals surface area (Å²) in [5.41, 5.74) is 0.679. The van der Waals surface area contributed by atoms with Crippen molar-refractivity contribution in [3.05, 3.63) is 43.0 Å². The Balaban J connectivity index is 2.02. The van der Waals surface area contributed by atoms with Crippen LogP contribution in [0.2, 0.25) is 0 Å². The van der Waals surface area contributed by atoms with Gasteiger partial charge in [-0.1, -0.05) is 18.2 Å². The van der Waals surface area contributed by atoms with E-state index in [-0.39, 0.29) is 12.4 Å². The maximum Gasteiger partial charge on any atom is 0.348 e. The molecule has 0 saturated carbocycles. The van der Waals surface area contributed by atoms with Gasteiger partial charge in [0.1, 0.15) is 19.2 Å². The lowest BCUT2D eigenvalue weighted by molar-refractivity contribution is 0.257. The molecular weight excluding hydrogens is 258 g/mol. The Kier molecular flexibility index (Phi) is 4.82. The van der Waals surface area contributed by atoms with Crippen molar-refractivity contribution >= 4 is 17.6 Å². The van der Waals surface area contributed by atoms with Crippen molar-refractivity contribution in [2.75, 3.05) is 11.9 Å². The number of para-hydroxylation sites is 1. The van der Waals surface area contributed by atoms with Gasteiger partial charge < -0.3 is 10.1 Å². The number of rotatable bonds is 4. The van der Waals surface area contributed by atoms with Gasteiger partial charge >= 0.3 is 6.03 Å². The number of aromatic nitrogens is 3. The lowest BCUT2D eigenvalue weighted by Crippen LogP contribution is -2.18. The molecule has 1 heterocycles. The highest BCUT2D eigenvalue weighted by atomic mass is 16.5. The normalized spacial score (nSPS) is 11.2. The zero-order valence-electron chi connectivity index (χ0n) is 11.1. The molecule has 7 nitrogen and oxygen atoms in total. The van der Waals surface area contributed by atoms with E-state index in [9.17, 15) is 4.79 Å². The van der Waals surface area contributed by atoms with E-state index >= 15 is 0 Å². The molecule has 104 valence electrons. The first-order valence-corrected chi connectivity index (χ1v) is 6.16. The van der Waals surface area contributed by atoms with Crippen molar-refractivity contribution in [1.29, 1.82) is 0 Å². The monoisotopic (exact) mass is 273 g/mol. The topological polar surface area (TPSA) is 81.4 Å². The van der Waals surface area contributed by atoms with E-state index in [1.165, 1.54) is 17.3 Å². The van der Waals surface area contributed by atoms with Gasteiger partial charge in [-0.25, -0.2) is 14.5 Å². The fourth-order valence-corrected chi connectivity index (χ4v) is 1.52. The van der Waals surface area contributed by atoms with E-state index in [0.717, 1.165) is 0 Å². The minimum atomic E-state index is -0.486. The van der Waals surface area contributed by atoms with Crippen molar-refractivity contribution in [3.63, 3.8) is 0 Å². The standard InChI is InChI=1S/C13H15N5O2/c1-2-20-12(8-18-10-14-9-15-18)17-13(19)16-11-6-4-3-5-7-11/h3-7,9-10H,2,8H2,1H3,(H,16,19). The fourth-order valence-electron chi connectivity index (χ4n) is 1.52. The average molecular weight is 273 g/mol. The van der Waals surface area contributed by atoms with E-state index in [4.69, 9.17) is 4.74 Å². The van der Waals surface area contributed by atoms with Gasteiger partial charge in [-0.05, 0) is 19.1 Å². The molecule has 0 spiro atoms. The van der Waals surface area contributed by atoms with Crippen LogP contribution in [0, 0.1) is 0 Å². The maximum absolute atomic E-state index is 11.8. The van der Waals surface area contributed by atoms with Gasteiger partial charge in [0.15, 0.2) is 0 Å². The molecule has 0 bridgehead atoms. The zero-order chi connectivity index (χ0) is 14.2. The number of anilines is 1. The molecular formula is C13H15N5O2. The highest BCUT2D eigenvalue weighted by Gasteiger charge is 2.06. The second-order valence-electron chi connectivity index (χ2n) is 3.83. The zero-order valence-corrected chi connectivity index (χ0v) is 11.1. The van der Waals surface area contributed by atoms with Crippen LogP contribution >= 0.6 is 0 Å². The van der Waals surface area contributed by atoms with Crippen molar-refractivity contribution in [1.82, 2.24) is 14.8 Å². The van der Waals surface area contributed by atoms with E-state index in [1.807, 2.05) is 25.1 Å². The largest absolute Gasteiger partial charge is 0.480 e. The lowest BCUT2D eigenvalue weighted by atomic mass is 10.3. The number of nitrogens with one attached hydrogen (secondary N) is 1. The van der Waals surface area contributed by atoms with Crippen LogP contribution in [-0.4, -0.2) is 33.3 Å². The van der Waals surface area contributed by atoms with Crippen LogP contribution in [0.3, 0.4) is 0 Å². The smallest absolute Gasteiger partial charge is 0.348 e. The molecule has 2 rings (SSSR count). The molecule has 0 aliphatic heterocycles. The van der Waals surface area contributed by atoms with Crippen LogP contribution in [0.1, 0.15) is 6.92 Å². The summed E-state index contributed by atoms with van der Waals surface area (Å²) >= 11 is 0. The molecule has 0 unspecified atom stereocenters. The first kappa shape index (κ1) is 13.7. The van der Waals surface area contributed by atoms with Crippen LogP contribution in [0.25, 0.3) is 0 Å². The number of urea groups is 1. The third-order valence-electron chi connectivity index (χ3n) is 2.33. The minimum absolute atomic E-state index is 0.260. The first-order valence-electron chi connectivity index (χ1n) is 6.16. The van der Waals surface area contributed by atoms with Gasteiger partial charge in [0, 0.05) is 5.69 Å². The summed E-state index contributed by atoms with van der Waals surface area (Å²) in [5, 5.41) is 6.60. The van der Waals surface area contributed by atoms with Gasteiger partial charge in [0.2, 0.25) is 5.90 Å². The number of amides is 2. The minimum Gasteiger partial charge on any atom is -0.480 e. The molecule has 2 aromatic rings. The number of aliphatic imine (C=N–C) groups is 1. The van der Waals surface area contributed by atoms with Crippen LogP contribution < -0.4 is 5.32 Å². The molecule has 0 saturated heterocycles. The maximum atomic E-state index is 11.8. The fraction of sp³-hybridized carbons (Fsp3) is 0.231. The molecule has 1 aromatic carbocycles. The molecule has 20 heavy (non-hydrogen) atoms. The Bertz CT molecular complexity index is 566. The van der Waals surface area contributed by atoms with E-state index in [2.05, 4.69) is 20.4 Å². The Hall–Kier alpha value is -2.70. The van der Waals surface area contributed by atoms with Crippen molar-refractivity contribution in [2.45, 2.75) is 13.5 Å². The first-order chi connectivity index (χ1) is 9.78. The summed E-state index contributed by atoms with van der Waals surface area (Å²) in [6.45, 7) is 2.51. The van der Waals surface area contributed by atoms with Gasteiger partial charge in [-0.3, -0.25) is 0 Å². The van der Waals surface area contributed by atoms with Gasteiger partial charge in [0.05, 0.1) is 6.61 Å². The summed E-state index contributed by atoms with van der Waals surface area (Å²) in [6, 6.07) is 8.61. The number of hydrogen-bond donors (Lipinski definition) is 1. The SMILES string of the molecule is CCOC(Cn1cncn1)=NC(=O)Nc1ccccc1. The molecule has 7 heteroatoms. The summed E-state index contributed by atoms with van der Waals surface area (Å²) in [7, 11) is 0. The summed E-state index contributed by atoms with van der Waals surface area (Å²) in [5.74, 6) is 0.284. The van der Waals surface area contributed by atoms with Crippen molar-refractivity contribution in [2.24, 2.45) is 4.99 Å². The average Bonchev–Trinajstić information content (AvgIpc) is 2.93. The number of benzene rings is 1.